The topological polar surface area (TPSA) is 47.9 Å². The van der Waals surface area contributed by atoms with Crippen LogP contribution >= 0.6 is 0 Å². The molecule has 33 heavy (non-hydrogen) atoms. The first-order valence-electron chi connectivity index (χ1n) is 12.3. The summed E-state index contributed by atoms with van der Waals surface area (Å²) in [5.41, 5.74) is 2.47. The van der Waals surface area contributed by atoms with Crippen LogP contribution in [0.3, 0.4) is 0 Å². The molecule has 0 saturated heterocycles. The molecule has 0 fully saturated rings. The lowest BCUT2D eigenvalue weighted by Crippen LogP contribution is -2.36. The summed E-state index contributed by atoms with van der Waals surface area (Å²) in [6.45, 7) is 7.03. The van der Waals surface area contributed by atoms with Crippen LogP contribution in [0.25, 0.3) is 0 Å². The van der Waals surface area contributed by atoms with Gasteiger partial charge in [0, 0.05) is 13.5 Å². The van der Waals surface area contributed by atoms with E-state index in [1.165, 1.54) is 5.57 Å². The summed E-state index contributed by atoms with van der Waals surface area (Å²) in [5.74, 6) is 2.66. The number of hydrogen-bond acceptors (Lipinski definition) is 4. The molecule has 1 N–H and O–H groups in total. The standard InChI is InChI=1S/C29H42O4/c1-5-12-26-17-18-28(31-4)29(33-26)16-11-13-23(2)21-25(30)14-9-7-6-8-10-15-27-22-24(3)19-20-32-27/h1,9-10,14-15,17-19,25-30H,2,6-8,11-13,16,20-22H2,3-4H3. The van der Waals surface area contributed by atoms with Crippen molar-refractivity contribution in [3.05, 3.63) is 60.3 Å². The number of methoxy groups -OCH3 is 1. The van der Waals surface area contributed by atoms with E-state index in [-0.39, 0.29) is 24.4 Å². The molecule has 0 aliphatic carbocycles. The number of allylic oxidation sites excluding steroid dienone is 2. The monoisotopic (exact) mass is 454 g/mol. The Kier molecular flexibility index (Phi) is 13.1. The van der Waals surface area contributed by atoms with Gasteiger partial charge in [0.15, 0.2) is 0 Å². The summed E-state index contributed by atoms with van der Waals surface area (Å²) in [6, 6.07) is 0. The second kappa shape index (κ2) is 15.9. The van der Waals surface area contributed by atoms with Gasteiger partial charge in [0.25, 0.3) is 0 Å². The number of unbranched alkanes of at least 4 members (excludes halogenated alkanes) is 2. The minimum absolute atomic E-state index is 0.00943. The number of aliphatic hydroxyl groups is 1. The summed E-state index contributed by atoms with van der Waals surface area (Å²) in [7, 11) is 1.70. The fourth-order valence-corrected chi connectivity index (χ4v) is 4.17. The summed E-state index contributed by atoms with van der Waals surface area (Å²) in [5, 5.41) is 10.3. The second-order valence-corrected chi connectivity index (χ2v) is 9.03. The van der Waals surface area contributed by atoms with Crippen LogP contribution in [0.2, 0.25) is 0 Å². The highest BCUT2D eigenvalue weighted by molar-refractivity contribution is 5.08. The van der Waals surface area contributed by atoms with E-state index in [1.807, 2.05) is 12.2 Å². The number of rotatable bonds is 14. The van der Waals surface area contributed by atoms with E-state index in [4.69, 9.17) is 20.6 Å². The minimum atomic E-state index is -0.473. The highest BCUT2D eigenvalue weighted by Crippen LogP contribution is 2.23. The zero-order chi connectivity index (χ0) is 23.9. The van der Waals surface area contributed by atoms with Gasteiger partial charge in [0.1, 0.15) is 6.10 Å². The molecule has 0 amide bonds. The highest BCUT2D eigenvalue weighted by atomic mass is 16.5. The fourth-order valence-electron chi connectivity index (χ4n) is 4.17. The summed E-state index contributed by atoms with van der Waals surface area (Å²) in [6.07, 6.45) is 27.6. The SMILES string of the molecule is C#CCC1C=CC(OC)C(CCCC(=C)CC(O)C=CCCCC=CC2CC(C)=CCO2)O1. The Morgan fingerprint density at radius 3 is 2.91 bits per heavy atom. The van der Waals surface area contributed by atoms with E-state index in [1.54, 1.807) is 7.11 Å². The van der Waals surface area contributed by atoms with Crippen LogP contribution in [0.1, 0.15) is 64.7 Å². The number of aliphatic hydroxyl groups excluding tert-OH is 1. The Morgan fingerprint density at radius 2 is 2.15 bits per heavy atom. The summed E-state index contributed by atoms with van der Waals surface area (Å²) in [4.78, 5) is 0. The lowest BCUT2D eigenvalue weighted by molar-refractivity contribution is -0.0721. The average Bonchev–Trinajstić information content (AvgIpc) is 2.79. The Labute approximate surface area is 201 Å². The zero-order valence-electron chi connectivity index (χ0n) is 20.5. The van der Waals surface area contributed by atoms with Gasteiger partial charge in [-0.15, -0.1) is 12.3 Å². The molecular weight excluding hydrogens is 412 g/mol. The first-order chi connectivity index (χ1) is 16.0. The van der Waals surface area contributed by atoms with Gasteiger partial charge >= 0.3 is 0 Å². The highest BCUT2D eigenvalue weighted by Gasteiger charge is 2.26. The molecule has 5 atom stereocenters. The van der Waals surface area contributed by atoms with Crippen molar-refractivity contribution in [2.24, 2.45) is 0 Å². The van der Waals surface area contributed by atoms with E-state index >= 15 is 0 Å². The molecule has 5 unspecified atom stereocenters. The molecule has 2 aliphatic heterocycles. The number of terminal acetylenes is 1. The Morgan fingerprint density at radius 1 is 1.33 bits per heavy atom. The predicted octanol–water partition coefficient (Wildman–Crippen LogP) is 5.84. The van der Waals surface area contributed by atoms with Crippen molar-refractivity contribution < 1.29 is 19.3 Å². The maximum Gasteiger partial charge on any atom is 0.101 e. The van der Waals surface area contributed by atoms with Crippen LogP contribution in [-0.4, -0.2) is 49.3 Å². The van der Waals surface area contributed by atoms with Crippen molar-refractivity contribution in [1.29, 1.82) is 0 Å². The largest absolute Gasteiger partial charge is 0.389 e. The minimum Gasteiger partial charge on any atom is -0.389 e. The molecule has 2 rings (SSSR count). The molecule has 182 valence electrons. The smallest absolute Gasteiger partial charge is 0.101 e. The molecule has 0 radical (unpaired) electrons. The van der Waals surface area contributed by atoms with Crippen LogP contribution in [0.4, 0.5) is 0 Å². The Balaban J connectivity index is 1.56. The molecule has 2 heterocycles. The van der Waals surface area contributed by atoms with Gasteiger partial charge in [-0.3, -0.25) is 0 Å². The van der Waals surface area contributed by atoms with Crippen LogP contribution in [0, 0.1) is 12.3 Å². The van der Waals surface area contributed by atoms with Gasteiger partial charge in [-0.05, 0) is 58.3 Å². The molecule has 0 spiro atoms. The lowest BCUT2D eigenvalue weighted by atomic mass is 9.98. The molecule has 2 aliphatic rings. The van der Waals surface area contributed by atoms with Gasteiger partial charge in [0.2, 0.25) is 0 Å². The number of ether oxygens (including phenoxy) is 3. The maximum absolute atomic E-state index is 10.3. The third-order valence-corrected chi connectivity index (χ3v) is 6.06. The molecule has 4 heteroatoms. The van der Waals surface area contributed by atoms with Crippen LogP contribution < -0.4 is 0 Å². The van der Waals surface area contributed by atoms with Crippen molar-refractivity contribution in [3.8, 4) is 12.3 Å². The molecule has 0 aromatic rings. The Bertz CT molecular complexity index is 739. The predicted molar refractivity (Wildman–Crippen MR) is 136 cm³/mol. The van der Waals surface area contributed by atoms with E-state index in [9.17, 15) is 5.11 Å². The lowest BCUT2D eigenvalue weighted by Gasteiger charge is -2.31. The van der Waals surface area contributed by atoms with Crippen LogP contribution in [0.15, 0.2) is 60.3 Å². The molecule has 0 aromatic carbocycles. The molecule has 0 saturated carbocycles. The summed E-state index contributed by atoms with van der Waals surface area (Å²) >= 11 is 0. The van der Waals surface area contributed by atoms with E-state index in [0.717, 1.165) is 57.1 Å². The van der Waals surface area contributed by atoms with E-state index < -0.39 is 6.10 Å². The van der Waals surface area contributed by atoms with Crippen molar-refractivity contribution in [1.82, 2.24) is 0 Å². The van der Waals surface area contributed by atoms with Gasteiger partial charge in [-0.1, -0.05) is 60.3 Å². The second-order valence-electron chi connectivity index (χ2n) is 9.03. The average molecular weight is 455 g/mol. The van der Waals surface area contributed by atoms with Gasteiger partial charge in [-0.25, -0.2) is 0 Å². The Hall–Kier alpha value is -1.90. The first kappa shape index (κ1) is 27.3. The third kappa shape index (κ3) is 11.2. The van der Waals surface area contributed by atoms with Crippen molar-refractivity contribution in [3.63, 3.8) is 0 Å². The molecule has 0 bridgehead atoms. The molecule has 0 aromatic heterocycles. The van der Waals surface area contributed by atoms with E-state index in [0.29, 0.717) is 12.8 Å². The van der Waals surface area contributed by atoms with Gasteiger partial charge in [-0.2, -0.15) is 0 Å². The molecular formula is C29H42O4. The third-order valence-electron chi connectivity index (χ3n) is 6.06. The number of hydrogen-bond donors (Lipinski definition) is 1. The zero-order valence-corrected chi connectivity index (χ0v) is 20.5. The van der Waals surface area contributed by atoms with Crippen LogP contribution in [0.5, 0.6) is 0 Å². The van der Waals surface area contributed by atoms with Gasteiger partial charge in [0.05, 0.1) is 31.0 Å². The van der Waals surface area contributed by atoms with Crippen molar-refractivity contribution in [2.75, 3.05) is 13.7 Å². The van der Waals surface area contributed by atoms with Gasteiger partial charge < -0.3 is 19.3 Å². The van der Waals surface area contributed by atoms with Crippen LogP contribution in [-0.2, 0) is 14.2 Å². The summed E-state index contributed by atoms with van der Waals surface area (Å²) < 4.78 is 17.3. The normalized spacial score (nSPS) is 26.4. The maximum atomic E-state index is 10.3. The molecule has 4 nitrogen and oxygen atoms in total. The van der Waals surface area contributed by atoms with E-state index in [2.05, 4.69) is 49.8 Å². The first-order valence-corrected chi connectivity index (χ1v) is 12.3. The van der Waals surface area contributed by atoms with Crippen molar-refractivity contribution >= 4 is 0 Å². The fraction of sp³-hybridized carbons (Fsp3) is 0.586. The van der Waals surface area contributed by atoms with Crippen molar-refractivity contribution in [2.45, 2.75) is 95.2 Å². The quantitative estimate of drug-likeness (QED) is 0.203.